The van der Waals surface area contributed by atoms with Crippen molar-refractivity contribution in [1.29, 1.82) is 0 Å². The van der Waals surface area contributed by atoms with Crippen molar-refractivity contribution in [3.63, 3.8) is 0 Å². The fraction of sp³-hybridized carbons (Fsp3) is 0.250. The summed E-state index contributed by atoms with van der Waals surface area (Å²) in [7, 11) is 1.54. The molecule has 2 aromatic rings. The number of nitrogens with zero attached hydrogens (tertiary/aromatic N) is 3. The molecule has 0 aliphatic carbocycles. The molecule has 19 heavy (non-hydrogen) atoms. The lowest BCUT2D eigenvalue weighted by Crippen LogP contribution is -2.04. The summed E-state index contributed by atoms with van der Waals surface area (Å²) in [5.41, 5.74) is 0.822. The zero-order valence-corrected chi connectivity index (χ0v) is 11.2. The van der Waals surface area contributed by atoms with Gasteiger partial charge in [-0.05, 0) is 25.1 Å². The first-order chi connectivity index (χ1) is 9.15. The van der Waals surface area contributed by atoms with E-state index in [-0.39, 0.29) is 5.69 Å². The molecule has 0 N–H and O–H groups in total. The van der Waals surface area contributed by atoms with E-state index in [1.165, 1.54) is 18.0 Å². The van der Waals surface area contributed by atoms with Crippen molar-refractivity contribution in [3.05, 3.63) is 35.1 Å². The Morgan fingerprint density at radius 3 is 2.89 bits per heavy atom. The predicted molar refractivity (Wildman–Crippen MR) is 68.9 cm³/mol. The predicted octanol–water partition coefficient (Wildman–Crippen LogP) is 2.11. The molecule has 100 valence electrons. The molecule has 2 rings (SSSR count). The van der Waals surface area contributed by atoms with E-state index in [1.807, 2.05) is 0 Å². The van der Waals surface area contributed by atoms with Gasteiger partial charge in [-0.3, -0.25) is 0 Å². The maximum atomic E-state index is 11.5. The van der Waals surface area contributed by atoms with Crippen molar-refractivity contribution in [2.75, 3.05) is 13.7 Å². The topological polar surface area (TPSA) is 66.2 Å². The highest BCUT2D eigenvalue weighted by molar-refractivity contribution is 6.32. The number of carbonyl (C=O) groups is 1. The third kappa shape index (κ3) is 2.85. The van der Waals surface area contributed by atoms with Crippen LogP contribution in [0.2, 0.25) is 5.02 Å². The second kappa shape index (κ2) is 5.71. The summed E-state index contributed by atoms with van der Waals surface area (Å²) < 4.78 is 11.3. The third-order valence-electron chi connectivity index (χ3n) is 2.38. The summed E-state index contributed by atoms with van der Waals surface area (Å²) >= 11 is 6.02. The molecule has 0 amide bonds. The van der Waals surface area contributed by atoms with Gasteiger partial charge in [0.05, 0.1) is 30.6 Å². The van der Waals surface area contributed by atoms with Crippen LogP contribution in [-0.2, 0) is 4.74 Å². The highest BCUT2D eigenvalue weighted by atomic mass is 35.5. The Balaban J connectivity index is 2.27. The standard InChI is InChI=1S/C12H12ClN3O3/c1-3-19-12(17)10-7-16(15-14-10)8-4-5-11(18-2)9(13)6-8/h4-7H,3H2,1-2H3. The number of hydrogen-bond donors (Lipinski definition) is 0. The van der Waals surface area contributed by atoms with Crippen LogP contribution in [-0.4, -0.2) is 34.7 Å². The number of hydrogen-bond acceptors (Lipinski definition) is 5. The minimum absolute atomic E-state index is 0.147. The molecule has 7 heteroatoms. The van der Waals surface area contributed by atoms with Crippen molar-refractivity contribution >= 4 is 17.6 Å². The largest absolute Gasteiger partial charge is 0.495 e. The quantitative estimate of drug-likeness (QED) is 0.803. The fourth-order valence-corrected chi connectivity index (χ4v) is 1.74. The molecule has 6 nitrogen and oxygen atoms in total. The van der Waals surface area contributed by atoms with E-state index in [1.54, 1.807) is 25.1 Å². The molecule has 0 spiro atoms. The number of benzene rings is 1. The lowest BCUT2D eigenvalue weighted by molar-refractivity contribution is 0.0519. The van der Waals surface area contributed by atoms with Gasteiger partial charge >= 0.3 is 5.97 Å². The highest BCUT2D eigenvalue weighted by Crippen LogP contribution is 2.26. The summed E-state index contributed by atoms with van der Waals surface area (Å²) in [6, 6.07) is 5.14. The monoisotopic (exact) mass is 281 g/mol. The van der Waals surface area contributed by atoms with Crippen molar-refractivity contribution < 1.29 is 14.3 Å². The second-order valence-electron chi connectivity index (χ2n) is 3.59. The number of methoxy groups -OCH3 is 1. The number of carbonyl (C=O) groups excluding carboxylic acids is 1. The van der Waals surface area contributed by atoms with Gasteiger partial charge in [-0.15, -0.1) is 5.10 Å². The van der Waals surface area contributed by atoms with Crippen LogP contribution in [0, 0.1) is 0 Å². The molecule has 1 aromatic carbocycles. The van der Waals surface area contributed by atoms with Crippen LogP contribution in [0.5, 0.6) is 5.75 Å². The van der Waals surface area contributed by atoms with E-state index in [2.05, 4.69) is 10.3 Å². The zero-order valence-electron chi connectivity index (χ0n) is 10.5. The fourth-order valence-electron chi connectivity index (χ4n) is 1.49. The second-order valence-corrected chi connectivity index (χ2v) is 3.99. The summed E-state index contributed by atoms with van der Waals surface area (Å²) in [6.07, 6.45) is 1.48. The summed E-state index contributed by atoms with van der Waals surface area (Å²) in [4.78, 5) is 11.5. The van der Waals surface area contributed by atoms with Crippen LogP contribution in [0.15, 0.2) is 24.4 Å². The van der Waals surface area contributed by atoms with E-state index in [4.69, 9.17) is 21.1 Å². The summed E-state index contributed by atoms with van der Waals surface area (Å²) in [5, 5.41) is 8.05. The first kappa shape index (κ1) is 13.4. The van der Waals surface area contributed by atoms with Crippen LogP contribution in [0.4, 0.5) is 0 Å². The first-order valence-electron chi connectivity index (χ1n) is 5.59. The molecule has 0 aliphatic heterocycles. The molecule has 1 heterocycles. The van der Waals surface area contributed by atoms with Crippen LogP contribution >= 0.6 is 11.6 Å². The first-order valence-corrected chi connectivity index (χ1v) is 5.97. The normalized spacial score (nSPS) is 10.3. The average molecular weight is 282 g/mol. The molecule has 0 saturated heterocycles. The Bertz CT molecular complexity index is 598. The Kier molecular flexibility index (Phi) is 4.01. The van der Waals surface area contributed by atoms with Crippen LogP contribution in [0.3, 0.4) is 0 Å². The minimum atomic E-state index is -0.506. The number of rotatable bonds is 4. The molecular formula is C12H12ClN3O3. The van der Waals surface area contributed by atoms with Gasteiger partial charge in [-0.2, -0.15) is 0 Å². The minimum Gasteiger partial charge on any atom is -0.495 e. The van der Waals surface area contributed by atoms with Crippen LogP contribution < -0.4 is 4.74 Å². The zero-order chi connectivity index (χ0) is 13.8. The number of ether oxygens (including phenoxy) is 2. The molecule has 0 unspecified atom stereocenters. The van der Waals surface area contributed by atoms with E-state index in [0.717, 1.165) is 0 Å². The van der Waals surface area contributed by atoms with Crippen LogP contribution in [0.1, 0.15) is 17.4 Å². The van der Waals surface area contributed by atoms with Gasteiger partial charge in [-0.25, -0.2) is 9.48 Å². The van der Waals surface area contributed by atoms with Gasteiger partial charge in [0.2, 0.25) is 0 Å². The number of esters is 1. The number of halogens is 1. The summed E-state index contributed by atoms with van der Waals surface area (Å²) in [5.74, 6) is 0.0597. The van der Waals surface area contributed by atoms with Crippen LogP contribution in [0.25, 0.3) is 5.69 Å². The molecule has 0 atom stereocenters. The van der Waals surface area contributed by atoms with Gasteiger partial charge in [0, 0.05) is 0 Å². The Morgan fingerprint density at radius 2 is 2.26 bits per heavy atom. The van der Waals surface area contributed by atoms with Gasteiger partial charge in [0.15, 0.2) is 5.69 Å². The Morgan fingerprint density at radius 1 is 1.47 bits per heavy atom. The van der Waals surface area contributed by atoms with Gasteiger partial charge in [0.25, 0.3) is 0 Å². The van der Waals surface area contributed by atoms with E-state index >= 15 is 0 Å². The molecular weight excluding hydrogens is 270 g/mol. The molecule has 0 aliphatic rings. The van der Waals surface area contributed by atoms with E-state index in [9.17, 15) is 4.79 Å². The van der Waals surface area contributed by atoms with Gasteiger partial charge in [0.1, 0.15) is 5.75 Å². The lowest BCUT2D eigenvalue weighted by atomic mass is 10.3. The SMILES string of the molecule is CCOC(=O)c1cn(-c2ccc(OC)c(Cl)c2)nn1. The third-order valence-corrected chi connectivity index (χ3v) is 2.67. The smallest absolute Gasteiger partial charge is 0.360 e. The molecule has 0 radical (unpaired) electrons. The van der Waals surface area contributed by atoms with Gasteiger partial charge in [-0.1, -0.05) is 16.8 Å². The average Bonchev–Trinajstić information content (AvgIpc) is 2.88. The Hall–Kier alpha value is -2.08. The maximum Gasteiger partial charge on any atom is 0.360 e. The van der Waals surface area contributed by atoms with Gasteiger partial charge < -0.3 is 9.47 Å². The summed E-state index contributed by atoms with van der Waals surface area (Å²) in [6.45, 7) is 2.02. The van der Waals surface area contributed by atoms with Crippen molar-refractivity contribution in [2.24, 2.45) is 0 Å². The maximum absolute atomic E-state index is 11.5. The molecule has 0 fully saturated rings. The Labute approximate surface area is 114 Å². The van der Waals surface area contributed by atoms with E-state index in [0.29, 0.717) is 23.1 Å². The van der Waals surface area contributed by atoms with E-state index < -0.39 is 5.97 Å². The molecule has 1 aromatic heterocycles. The van der Waals surface area contributed by atoms with Crippen molar-refractivity contribution in [1.82, 2.24) is 15.0 Å². The highest BCUT2D eigenvalue weighted by Gasteiger charge is 2.13. The molecule has 0 saturated carbocycles. The van der Waals surface area contributed by atoms with Crippen molar-refractivity contribution in [2.45, 2.75) is 6.92 Å². The lowest BCUT2D eigenvalue weighted by Gasteiger charge is -2.05. The number of aromatic nitrogens is 3. The molecule has 0 bridgehead atoms. The van der Waals surface area contributed by atoms with Crippen molar-refractivity contribution in [3.8, 4) is 11.4 Å².